The van der Waals surface area contributed by atoms with Crippen molar-refractivity contribution >= 4 is 34.9 Å². The molecule has 2 aromatic rings. The van der Waals surface area contributed by atoms with E-state index < -0.39 is 6.10 Å². The van der Waals surface area contributed by atoms with Gasteiger partial charge in [-0.1, -0.05) is 44.2 Å². The smallest absolute Gasteiger partial charge is 0.140 e. The minimum atomic E-state index is -0.513. The van der Waals surface area contributed by atoms with Crippen molar-refractivity contribution in [1.82, 2.24) is 5.32 Å². The van der Waals surface area contributed by atoms with Crippen LogP contribution in [-0.4, -0.2) is 36.7 Å². The molecule has 0 saturated heterocycles. The van der Waals surface area contributed by atoms with Gasteiger partial charge < -0.3 is 15.2 Å². The summed E-state index contributed by atoms with van der Waals surface area (Å²) in [7, 11) is 0. The fourth-order valence-electron chi connectivity index (χ4n) is 2.14. The Labute approximate surface area is 142 Å². The molecule has 2 N–H and O–H groups in total. The molecule has 22 heavy (non-hydrogen) atoms. The highest BCUT2D eigenvalue weighted by Crippen LogP contribution is 2.35. The molecule has 0 aromatic heterocycles. The van der Waals surface area contributed by atoms with Crippen molar-refractivity contribution in [3.05, 3.63) is 36.4 Å². The van der Waals surface area contributed by atoms with E-state index >= 15 is 0 Å². The molecule has 3 nitrogen and oxygen atoms in total. The van der Waals surface area contributed by atoms with E-state index in [9.17, 15) is 5.11 Å². The number of aliphatic hydroxyl groups excluding tert-OH is 1. The predicted molar refractivity (Wildman–Crippen MR) is 97.6 cm³/mol. The quantitative estimate of drug-likeness (QED) is 0.753. The van der Waals surface area contributed by atoms with Gasteiger partial charge in [0.15, 0.2) is 0 Å². The Morgan fingerprint density at radius 1 is 1.18 bits per heavy atom. The first-order valence-corrected chi connectivity index (χ1v) is 8.44. The third-order valence-corrected chi connectivity index (χ3v) is 4.01. The van der Waals surface area contributed by atoms with Crippen LogP contribution in [0.4, 0.5) is 0 Å². The molecule has 0 bridgehead atoms. The summed E-state index contributed by atoms with van der Waals surface area (Å²) in [5.74, 6) is 0.865. The van der Waals surface area contributed by atoms with Crippen molar-refractivity contribution in [3.8, 4) is 5.75 Å². The van der Waals surface area contributed by atoms with Gasteiger partial charge in [0.1, 0.15) is 18.5 Å². The van der Waals surface area contributed by atoms with E-state index in [1.54, 1.807) is 11.8 Å². The zero-order valence-corrected chi connectivity index (χ0v) is 14.8. The van der Waals surface area contributed by atoms with Crippen LogP contribution in [0.15, 0.2) is 41.3 Å². The number of thioether (sulfide) groups is 1. The van der Waals surface area contributed by atoms with Crippen LogP contribution in [0.1, 0.15) is 13.8 Å². The largest absolute Gasteiger partial charge is 0.489 e. The Morgan fingerprint density at radius 2 is 1.91 bits per heavy atom. The van der Waals surface area contributed by atoms with E-state index in [1.165, 1.54) is 0 Å². The molecule has 0 saturated carbocycles. The maximum absolute atomic E-state index is 10.0. The molecule has 2 rings (SSSR count). The summed E-state index contributed by atoms with van der Waals surface area (Å²) in [4.78, 5) is 1.10. The van der Waals surface area contributed by atoms with Crippen LogP contribution in [0.3, 0.4) is 0 Å². The van der Waals surface area contributed by atoms with Gasteiger partial charge in [-0.05, 0) is 17.7 Å². The Balaban J connectivity index is 0.00000242. The van der Waals surface area contributed by atoms with E-state index in [0.717, 1.165) is 21.4 Å². The maximum Gasteiger partial charge on any atom is 0.140 e. The standard InChI is InChI=1S/C17H23NO2S.ClH/c1-12(2)18-10-14(19)11-20-17-15-7-5-4-6-13(15)8-9-16(17)21-3;/h4-9,12,14,18-19H,10-11H2,1-3H3;1H. The van der Waals surface area contributed by atoms with Gasteiger partial charge in [0, 0.05) is 22.9 Å². The van der Waals surface area contributed by atoms with Crippen molar-refractivity contribution in [1.29, 1.82) is 0 Å². The second-order valence-electron chi connectivity index (χ2n) is 5.35. The molecule has 0 heterocycles. The van der Waals surface area contributed by atoms with Crippen molar-refractivity contribution in [2.75, 3.05) is 19.4 Å². The summed E-state index contributed by atoms with van der Waals surface area (Å²) < 4.78 is 5.92. The molecule has 0 spiro atoms. The highest BCUT2D eigenvalue weighted by molar-refractivity contribution is 7.98. The molecule has 0 aliphatic heterocycles. The van der Waals surface area contributed by atoms with E-state index in [2.05, 4.69) is 43.4 Å². The van der Waals surface area contributed by atoms with Gasteiger partial charge in [-0.15, -0.1) is 24.2 Å². The monoisotopic (exact) mass is 341 g/mol. The number of fused-ring (bicyclic) bond motifs is 1. The van der Waals surface area contributed by atoms with Crippen molar-refractivity contribution in [2.45, 2.75) is 30.9 Å². The molecular formula is C17H24ClNO2S. The lowest BCUT2D eigenvalue weighted by Gasteiger charge is -2.17. The number of hydrogen-bond acceptors (Lipinski definition) is 4. The summed E-state index contributed by atoms with van der Waals surface area (Å²) in [6.45, 7) is 4.95. The fraction of sp³-hybridized carbons (Fsp3) is 0.412. The van der Waals surface area contributed by atoms with Gasteiger partial charge in [-0.3, -0.25) is 0 Å². The van der Waals surface area contributed by atoms with Crippen LogP contribution in [0.25, 0.3) is 10.8 Å². The first kappa shape index (κ1) is 19.1. The number of benzene rings is 2. The number of rotatable bonds is 7. The molecule has 0 amide bonds. The molecule has 1 atom stereocenters. The number of ether oxygens (including phenoxy) is 1. The predicted octanol–water partition coefficient (Wildman–Crippen LogP) is 3.72. The highest BCUT2D eigenvalue weighted by Gasteiger charge is 2.11. The molecule has 0 fully saturated rings. The van der Waals surface area contributed by atoms with Gasteiger partial charge in [0.25, 0.3) is 0 Å². The van der Waals surface area contributed by atoms with Crippen LogP contribution in [-0.2, 0) is 0 Å². The van der Waals surface area contributed by atoms with E-state index in [-0.39, 0.29) is 12.4 Å². The number of halogens is 1. The molecule has 122 valence electrons. The molecule has 0 aliphatic carbocycles. The molecule has 0 aliphatic rings. The van der Waals surface area contributed by atoms with E-state index in [4.69, 9.17) is 4.74 Å². The van der Waals surface area contributed by atoms with Gasteiger partial charge >= 0.3 is 0 Å². The van der Waals surface area contributed by atoms with Crippen LogP contribution >= 0.6 is 24.2 Å². The van der Waals surface area contributed by atoms with Crippen molar-refractivity contribution < 1.29 is 9.84 Å². The summed E-state index contributed by atoms with van der Waals surface area (Å²) >= 11 is 1.66. The van der Waals surface area contributed by atoms with E-state index in [0.29, 0.717) is 19.2 Å². The van der Waals surface area contributed by atoms with Gasteiger partial charge in [-0.2, -0.15) is 0 Å². The SMILES string of the molecule is CSc1ccc2ccccc2c1OCC(O)CNC(C)C.Cl. The molecule has 2 aromatic carbocycles. The van der Waals surface area contributed by atoms with E-state index in [1.807, 2.05) is 18.4 Å². The Hall–Kier alpha value is -0.940. The van der Waals surface area contributed by atoms with Crippen LogP contribution in [0.5, 0.6) is 5.75 Å². The highest BCUT2D eigenvalue weighted by atomic mass is 35.5. The van der Waals surface area contributed by atoms with Crippen LogP contribution < -0.4 is 10.1 Å². The number of hydrogen-bond donors (Lipinski definition) is 2. The third-order valence-electron chi connectivity index (χ3n) is 3.25. The lowest BCUT2D eigenvalue weighted by atomic mass is 10.1. The fourth-order valence-corrected chi connectivity index (χ4v) is 2.70. The molecule has 1 unspecified atom stereocenters. The zero-order valence-electron chi connectivity index (χ0n) is 13.2. The molecule has 0 radical (unpaired) electrons. The molecule has 5 heteroatoms. The Kier molecular flexibility index (Phi) is 8.04. The minimum Gasteiger partial charge on any atom is -0.489 e. The minimum absolute atomic E-state index is 0. The Bertz CT molecular complexity index is 592. The summed E-state index contributed by atoms with van der Waals surface area (Å²) in [6, 6.07) is 12.7. The number of nitrogens with one attached hydrogen (secondary N) is 1. The van der Waals surface area contributed by atoms with Gasteiger partial charge in [-0.25, -0.2) is 0 Å². The topological polar surface area (TPSA) is 41.5 Å². The second kappa shape index (κ2) is 9.26. The normalized spacial score (nSPS) is 12.2. The average molecular weight is 342 g/mol. The maximum atomic E-state index is 10.0. The molecular weight excluding hydrogens is 318 g/mol. The Morgan fingerprint density at radius 3 is 2.59 bits per heavy atom. The van der Waals surface area contributed by atoms with Gasteiger partial charge in [0.2, 0.25) is 0 Å². The summed E-state index contributed by atoms with van der Waals surface area (Å²) in [5, 5.41) is 15.5. The number of aliphatic hydroxyl groups is 1. The zero-order chi connectivity index (χ0) is 15.2. The second-order valence-corrected chi connectivity index (χ2v) is 6.19. The lowest BCUT2D eigenvalue weighted by Crippen LogP contribution is -2.35. The van der Waals surface area contributed by atoms with Crippen molar-refractivity contribution in [2.24, 2.45) is 0 Å². The average Bonchev–Trinajstić information content (AvgIpc) is 2.50. The third kappa shape index (κ3) is 5.06. The lowest BCUT2D eigenvalue weighted by molar-refractivity contribution is 0.104. The van der Waals surface area contributed by atoms with Gasteiger partial charge in [0.05, 0.1) is 0 Å². The van der Waals surface area contributed by atoms with Crippen molar-refractivity contribution in [3.63, 3.8) is 0 Å². The summed E-state index contributed by atoms with van der Waals surface area (Å²) in [5.41, 5.74) is 0. The van der Waals surface area contributed by atoms with Crippen LogP contribution in [0, 0.1) is 0 Å². The van der Waals surface area contributed by atoms with Crippen LogP contribution in [0.2, 0.25) is 0 Å². The summed E-state index contributed by atoms with van der Waals surface area (Å²) in [6.07, 6.45) is 1.52. The first-order valence-electron chi connectivity index (χ1n) is 7.21. The first-order chi connectivity index (χ1) is 10.1.